The van der Waals surface area contributed by atoms with Gasteiger partial charge in [0, 0.05) is 12.6 Å². The number of ether oxygens (including phenoxy) is 2. The Balaban J connectivity index is 1.43. The van der Waals surface area contributed by atoms with E-state index < -0.39 is 10.0 Å². The van der Waals surface area contributed by atoms with Crippen molar-refractivity contribution in [2.24, 2.45) is 0 Å². The molecule has 0 unspecified atom stereocenters. The summed E-state index contributed by atoms with van der Waals surface area (Å²) in [5.74, 6) is 0.501. The molecule has 1 heterocycles. The van der Waals surface area contributed by atoms with Crippen molar-refractivity contribution in [3.05, 3.63) is 54.1 Å². The van der Waals surface area contributed by atoms with Crippen LogP contribution in [-0.2, 0) is 21.2 Å². The zero-order valence-electron chi connectivity index (χ0n) is 14.1. The van der Waals surface area contributed by atoms with E-state index in [1.807, 2.05) is 30.3 Å². The molecular weight excluding hydrogens is 356 g/mol. The van der Waals surface area contributed by atoms with Gasteiger partial charge in [-0.1, -0.05) is 30.3 Å². The van der Waals surface area contributed by atoms with Crippen molar-refractivity contribution >= 4 is 15.9 Å². The van der Waals surface area contributed by atoms with Crippen molar-refractivity contribution < 1.29 is 22.7 Å². The van der Waals surface area contributed by atoms with E-state index in [4.69, 9.17) is 9.47 Å². The SMILES string of the molecule is O=C(CNS(=O)(=O)c1ccc2c(c1)OCO2)NCCCc1ccccc1. The molecule has 2 aromatic carbocycles. The van der Waals surface area contributed by atoms with Gasteiger partial charge in [-0.05, 0) is 30.5 Å². The standard InChI is InChI=1S/C18H20N2O5S/c21-18(19-10-4-7-14-5-2-1-3-6-14)12-20-26(22,23)15-8-9-16-17(11-15)25-13-24-16/h1-3,5-6,8-9,11,20H,4,7,10,12-13H2,(H,19,21). The van der Waals surface area contributed by atoms with E-state index in [1.54, 1.807) is 0 Å². The minimum atomic E-state index is -3.80. The van der Waals surface area contributed by atoms with E-state index in [9.17, 15) is 13.2 Å². The monoisotopic (exact) mass is 376 g/mol. The molecule has 2 N–H and O–H groups in total. The highest BCUT2D eigenvalue weighted by Crippen LogP contribution is 2.33. The number of hydrogen-bond acceptors (Lipinski definition) is 5. The molecule has 0 fully saturated rings. The summed E-state index contributed by atoms with van der Waals surface area (Å²) in [5.41, 5.74) is 1.20. The van der Waals surface area contributed by atoms with Gasteiger partial charge in [0.25, 0.3) is 0 Å². The second-order valence-electron chi connectivity index (χ2n) is 5.78. The van der Waals surface area contributed by atoms with Crippen molar-refractivity contribution in [3.8, 4) is 11.5 Å². The summed E-state index contributed by atoms with van der Waals surface area (Å²) in [6, 6.07) is 14.3. The molecule has 2 aromatic rings. The number of fused-ring (bicyclic) bond motifs is 1. The molecule has 1 aliphatic heterocycles. The van der Waals surface area contributed by atoms with Crippen molar-refractivity contribution in [1.82, 2.24) is 10.0 Å². The number of hydrogen-bond donors (Lipinski definition) is 2. The molecule has 0 aliphatic carbocycles. The fourth-order valence-electron chi connectivity index (χ4n) is 2.52. The average molecular weight is 376 g/mol. The van der Waals surface area contributed by atoms with Gasteiger partial charge in [0.15, 0.2) is 11.5 Å². The normalized spacial score (nSPS) is 12.8. The number of carbonyl (C=O) groups is 1. The number of nitrogens with one attached hydrogen (secondary N) is 2. The number of sulfonamides is 1. The average Bonchev–Trinajstić information content (AvgIpc) is 3.12. The second-order valence-corrected chi connectivity index (χ2v) is 7.55. The number of rotatable bonds is 8. The van der Waals surface area contributed by atoms with E-state index in [-0.39, 0.29) is 24.1 Å². The Morgan fingerprint density at radius 3 is 2.62 bits per heavy atom. The van der Waals surface area contributed by atoms with Crippen LogP contribution < -0.4 is 19.5 Å². The van der Waals surface area contributed by atoms with Gasteiger partial charge in [-0.25, -0.2) is 13.1 Å². The highest BCUT2D eigenvalue weighted by atomic mass is 32.2. The van der Waals surface area contributed by atoms with Gasteiger partial charge in [-0.15, -0.1) is 0 Å². The summed E-state index contributed by atoms with van der Waals surface area (Å²) in [6.45, 7) is 0.235. The second kappa shape index (κ2) is 8.20. The third-order valence-electron chi connectivity index (χ3n) is 3.88. The highest BCUT2D eigenvalue weighted by molar-refractivity contribution is 7.89. The summed E-state index contributed by atoms with van der Waals surface area (Å²) in [7, 11) is -3.80. The van der Waals surface area contributed by atoms with Crippen molar-refractivity contribution in [1.29, 1.82) is 0 Å². The Morgan fingerprint density at radius 2 is 1.81 bits per heavy atom. The molecule has 1 aliphatic rings. The van der Waals surface area contributed by atoms with Gasteiger partial charge in [0.1, 0.15) is 0 Å². The van der Waals surface area contributed by atoms with Gasteiger partial charge < -0.3 is 14.8 Å². The van der Waals surface area contributed by atoms with Gasteiger partial charge in [-0.2, -0.15) is 0 Å². The van der Waals surface area contributed by atoms with E-state index in [0.717, 1.165) is 12.8 Å². The topological polar surface area (TPSA) is 93.7 Å². The maximum Gasteiger partial charge on any atom is 0.241 e. The summed E-state index contributed by atoms with van der Waals surface area (Å²) in [4.78, 5) is 11.9. The molecule has 1 amide bonds. The molecule has 0 saturated heterocycles. The molecule has 0 aromatic heterocycles. The van der Waals surface area contributed by atoms with Crippen LogP contribution >= 0.6 is 0 Å². The molecule has 0 spiro atoms. The summed E-state index contributed by atoms with van der Waals surface area (Å²) in [5, 5.41) is 2.71. The maximum atomic E-state index is 12.3. The Kier molecular flexibility index (Phi) is 5.75. The first-order chi connectivity index (χ1) is 12.5. The quantitative estimate of drug-likeness (QED) is 0.680. The molecule has 0 atom stereocenters. The molecule has 8 heteroatoms. The first kappa shape index (κ1) is 18.2. The largest absolute Gasteiger partial charge is 0.454 e. The molecular formula is C18H20N2O5S. The lowest BCUT2D eigenvalue weighted by Crippen LogP contribution is -2.37. The fraction of sp³-hybridized carbons (Fsp3) is 0.278. The fourth-order valence-corrected chi connectivity index (χ4v) is 3.51. The van der Waals surface area contributed by atoms with Crippen LogP contribution in [0.2, 0.25) is 0 Å². The summed E-state index contributed by atoms with van der Waals surface area (Å²) >= 11 is 0. The van der Waals surface area contributed by atoms with Crippen LogP contribution in [0.25, 0.3) is 0 Å². The Hall–Kier alpha value is -2.58. The van der Waals surface area contributed by atoms with Gasteiger partial charge in [-0.3, -0.25) is 4.79 Å². The van der Waals surface area contributed by atoms with Crippen LogP contribution in [0.15, 0.2) is 53.4 Å². The smallest absolute Gasteiger partial charge is 0.241 e. The van der Waals surface area contributed by atoms with Crippen LogP contribution in [0, 0.1) is 0 Å². The zero-order valence-corrected chi connectivity index (χ0v) is 14.9. The lowest BCUT2D eigenvalue weighted by molar-refractivity contribution is -0.119. The summed E-state index contributed by atoms with van der Waals surface area (Å²) < 4.78 is 37.1. The Bertz CT molecular complexity index is 868. The molecule has 0 bridgehead atoms. The zero-order chi connectivity index (χ0) is 18.4. The summed E-state index contributed by atoms with van der Waals surface area (Å²) in [6.07, 6.45) is 1.63. The Morgan fingerprint density at radius 1 is 1.04 bits per heavy atom. The first-order valence-electron chi connectivity index (χ1n) is 8.24. The number of benzene rings is 2. The highest BCUT2D eigenvalue weighted by Gasteiger charge is 2.20. The van der Waals surface area contributed by atoms with Crippen LogP contribution in [0.5, 0.6) is 11.5 Å². The predicted molar refractivity (Wildman–Crippen MR) is 95.5 cm³/mol. The maximum absolute atomic E-state index is 12.3. The number of amides is 1. The van der Waals surface area contributed by atoms with E-state index >= 15 is 0 Å². The molecule has 0 saturated carbocycles. The third-order valence-corrected chi connectivity index (χ3v) is 5.28. The molecule has 3 rings (SSSR count). The lowest BCUT2D eigenvalue weighted by atomic mass is 10.1. The minimum Gasteiger partial charge on any atom is -0.454 e. The van der Waals surface area contributed by atoms with Crippen LogP contribution in [0.4, 0.5) is 0 Å². The van der Waals surface area contributed by atoms with Crippen molar-refractivity contribution in [3.63, 3.8) is 0 Å². The Labute approximate surface area is 152 Å². The van der Waals surface area contributed by atoms with E-state index in [1.165, 1.54) is 23.8 Å². The molecule has 138 valence electrons. The molecule has 26 heavy (non-hydrogen) atoms. The van der Waals surface area contributed by atoms with Gasteiger partial charge >= 0.3 is 0 Å². The van der Waals surface area contributed by atoms with Crippen molar-refractivity contribution in [2.75, 3.05) is 19.9 Å². The van der Waals surface area contributed by atoms with Crippen LogP contribution in [0.1, 0.15) is 12.0 Å². The molecule has 0 radical (unpaired) electrons. The predicted octanol–water partition coefficient (Wildman–Crippen LogP) is 1.44. The van der Waals surface area contributed by atoms with Crippen LogP contribution in [0.3, 0.4) is 0 Å². The lowest BCUT2D eigenvalue weighted by Gasteiger charge is -2.08. The third kappa shape index (κ3) is 4.74. The van der Waals surface area contributed by atoms with E-state index in [0.29, 0.717) is 18.0 Å². The number of carbonyl (C=O) groups excluding carboxylic acids is 1. The van der Waals surface area contributed by atoms with Gasteiger partial charge in [0.05, 0.1) is 11.4 Å². The van der Waals surface area contributed by atoms with Crippen molar-refractivity contribution in [2.45, 2.75) is 17.7 Å². The van der Waals surface area contributed by atoms with E-state index in [2.05, 4.69) is 10.0 Å². The van der Waals surface area contributed by atoms with Gasteiger partial charge in [0.2, 0.25) is 22.7 Å². The first-order valence-corrected chi connectivity index (χ1v) is 9.73. The van der Waals surface area contributed by atoms with Crippen LogP contribution in [-0.4, -0.2) is 34.2 Å². The minimum absolute atomic E-state index is 0.0265. The number of aryl methyl sites for hydroxylation is 1. The molecule has 7 nitrogen and oxygen atoms in total.